The van der Waals surface area contributed by atoms with Crippen molar-refractivity contribution in [2.45, 2.75) is 26.3 Å². The molecule has 2 aliphatic carbocycles. The molecule has 2 N–H and O–H groups in total. The van der Waals surface area contributed by atoms with Crippen molar-refractivity contribution >= 4 is 11.6 Å². The summed E-state index contributed by atoms with van der Waals surface area (Å²) in [5.41, 5.74) is 9.82. The third kappa shape index (κ3) is 3.95. The van der Waals surface area contributed by atoms with Gasteiger partial charge in [0.25, 0.3) is 0 Å². The summed E-state index contributed by atoms with van der Waals surface area (Å²) in [5, 5.41) is 11.6. The first-order chi connectivity index (χ1) is 16.1. The zero-order valence-electron chi connectivity index (χ0n) is 18.7. The minimum atomic E-state index is -0.262. The maximum atomic E-state index is 13.6. The number of aliphatic hydroxyl groups excluding tert-OH is 1. The number of fused-ring (bicyclic) bond motifs is 1. The van der Waals surface area contributed by atoms with Gasteiger partial charge in [-0.05, 0) is 59.9 Å². The summed E-state index contributed by atoms with van der Waals surface area (Å²) in [6.45, 7) is 2.92. The van der Waals surface area contributed by atoms with Crippen LogP contribution in [0.5, 0.6) is 0 Å². The molecule has 0 spiro atoms. The lowest BCUT2D eigenvalue weighted by Gasteiger charge is -2.31. The monoisotopic (exact) mass is 445 g/mol. The van der Waals surface area contributed by atoms with Gasteiger partial charge in [-0.25, -0.2) is 4.39 Å². The molecule has 0 fully saturated rings. The molecule has 0 aromatic heterocycles. The quantitative estimate of drug-likeness (QED) is 0.696. The van der Waals surface area contributed by atoms with Crippen LogP contribution in [0.4, 0.5) is 10.1 Å². The molecule has 2 atom stereocenters. The molecule has 0 saturated heterocycles. The lowest BCUT2D eigenvalue weighted by Crippen LogP contribution is -2.38. The molecular weight excluding hydrogens is 417 g/mol. The Balaban J connectivity index is 1.42. The molecule has 0 unspecified atom stereocenters. The maximum Gasteiger partial charge on any atom is 0.230 e. The molecule has 0 radical (unpaired) electrons. The highest BCUT2D eigenvalue weighted by molar-refractivity contribution is 5.84. The molecule has 5 nitrogen and oxygen atoms in total. The van der Waals surface area contributed by atoms with Gasteiger partial charge in [-0.3, -0.25) is 9.80 Å². The number of anilines is 1. The largest absolute Gasteiger partial charge is 0.395 e. The van der Waals surface area contributed by atoms with Crippen LogP contribution in [0, 0.1) is 17.7 Å². The van der Waals surface area contributed by atoms with Gasteiger partial charge < -0.3 is 15.4 Å². The maximum absolute atomic E-state index is 13.6. The van der Waals surface area contributed by atoms with Crippen molar-refractivity contribution in [2.75, 3.05) is 18.2 Å². The zero-order chi connectivity index (χ0) is 22.9. The van der Waals surface area contributed by atoms with E-state index >= 15 is 0 Å². The highest BCUT2D eigenvalue weighted by Gasteiger charge is 2.41. The van der Waals surface area contributed by atoms with Gasteiger partial charge in [-0.2, -0.15) is 0 Å². The Morgan fingerprint density at radius 3 is 2.67 bits per heavy atom. The van der Waals surface area contributed by atoms with E-state index in [9.17, 15) is 14.3 Å². The van der Waals surface area contributed by atoms with Crippen LogP contribution in [0.2, 0.25) is 0 Å². The highest BCUT2D eigenvalue weighted by Crippen LogP contribution is 2.48. The number of hydrazine groups is 1. The third-order valence-corrected chi connectivity index (χ3v) is 6.86. The van der Waals surface area contributed by atoms with E-state index in [0.29, 0.717) is 13.1 Å². The number of carbonyl (C=O) groups is 1. The number of nitrogens with one attached hydrogen (secondary N) is 1. The molecule has 6 heteroatoms. The van der Waals surface area contributed by atoms with Crippen LogP contribution >= 0.6 is 0 Å². The summed E-state index contributed by atoms with van der Waals surface area (Å²) in [4.78, 5) is 15.4. The normalized spacial score (nSPS) is 21.2. The van der Waals surface area contributed by atoms with Crippen molar-refractivity contribution in [3.05, 3.63) is 101 Å². The molecule has 2 aromatic carbocycles. The van der Waals surface area contributed by atoms with Gasteiger partial charge in [0.1, 0.15) is 5.82 Å². The molecule has 1 aliphatic heterocycles. The van der Waals surface area contributed by atoms with Crippen molar-refractivity contribution in [3.8, 4) is 0 Å². The van der Waals surface area contributed by atoms with Crippen LogP contribution in [0.25, 0.3) is 0 Å². The van der Waals surface area contributed by atoms with E-state index in [0.717, 1.165) is 35.4 Å². The number of hydrogen-bond acceptors (Lipinski definition) is 4. The standard InChI is InChI=1S/C27H28FN3O2/c1-18-24-16-29-31(22-10-8-21(28)9-11-22)25(24)15-20-7-12-23(26(18)20)27(33)30(13-14-32)17-19-5-3-2-4-6-19/h2-6,8-11,15-16,18,23,29,32H,7,12-14,17H2,1H3/t18-,23-/m0/s1. The minimum absolute atomic E-state index is 0.0570. The number of carbonyl (C=O) groups excluding carboxylic acids is 1. The van der Waals surface area contributed by atoms with E-state index in [1.54, 1.807) is 17.0 Å². The number of amides is 1. The van der Waals surface area contributed by atoms with Crippen molar-refractivity contribution in [2.24, 2.45) is 11.8 Å². The molecule has 33 heavy (non-hydrogen) atoms. The predicted molar refractivity (Wildman–Crippen MR) is 126 cm³/mol. The van der Waals surface area contributed by atoms with E-state index in [4.69, 9.17) is 0 Å². The van der Waals surface area contributed by atoms with Gasteiger partial charge in [0.15, 0.2) is 0 Å². The average Bonchev–Trinajstić information content (AvgIpc) is 3.45. The van der Waals surface area contributed by atoms with Crippen molar-refractivity contribution < 1.29 is 14.3 Å². The second-order valence-corrected chi connectivity index (χ2v) is 8.83. The molecule has 0 bridgehead atoms. The zero-order valence-corrected chi connectivity index (χ0v) is 18.7. The van der Waals surface area contributed by atoms with E-state index in [-0.39, 0.29) is 30.2 Å². The minimum Gasteiger partial charge on any atom is -0.395 e. The van der Waals surface area contributed by atoms with E-state index in [2.05, 4.69) is 18.4 Å². The molecule has 2 aromatic rings. The van der Waals surface area contributed by atoms with E-state index in [1.165, 1.54) is 23.3 Å². The van der Waals surface area contributed by atoms with E-state index < -0.39 is 0 Å². The number of nitrogens with zero attached hydrogens (tertiary/aromatic N) is 2. The predicted octanol–water partition coefficient (Wildman–Crippen LogP) is 4.30. The fourth-order valence-electron chi connectivity index (χ4n) is 5.27. The molecule has 1 amide bonds. The van der Waals surface area contributed by atoms with E-state index in [1.807, 2.05) is 41.5 Å². The van der Waals surface area contributed by atoms with Gasteiger partial charge in [-0.1, -0.05) is 37.3 Å². The van der Waals surface area contributed by atoms with Gasteiger partial charge in [-0.15, -0.1) is 0 Å². The van der Waals surface area contributed by atoms with Crippen molar-refractivity contribution in [1.29, 1.82) is 0 Å². The lowest BCUT2D eigenvalue weighted by molar-refractivity contribution is -0.135. The number of aliphatic hydroxyl groups is 1. The smallest absolute Gasteiger partial charge is 0.230 e. The average molecular weight is 446 g/mol. The first-order valence-corrected chi connectivity index (χ1v) is 11.5. The number of hydrogen-bond donors (Lipinski definition) is 2. The SMILES string of the molecule is C[C@H]1C2=CNN(c3ccc(F)cc3)C2=CC2=C1[C@@H](C(=O)N(CCO)Cc1ccccc1)CC2. The Morgan fingerprint density at radius 1 is 1.18 bits per heavy atom. The summed E-state index contributed by atoms with van der Waals surface area (Å²) < 4.78 is 13.4. The third-order valence-electron chi connectivity index (χ3n) is 6.86. The molecule has 1 heterocycles. The molecule has 170 valence electrons. The number of benzene rings is 2. The fourth-order valence-corrected chi connectivity index (χ4v) is 5.27. The lowest BCUT2D eigenvalue weighted by atomic mass is 9.80. The Morgan fingerprint density at radius 2 is 1.94 bits per heavy atom. The number of halogens is 1. The summed E-state index contributed by atoms with van der Waals surface area (Å²) >= 11 is 0. The van der Waals surface area contributed by atoms with Crippen LogP contribution in [0.15, 0.2) is 89.3 Å². The molecule has 3 aliphatic rings. The van der Waals surface area contributed by atoms with Crippen molar-refractivity contribution in [3.63, 3.8) is 0 Å². The second-order valence-electron chi connectivity index (χ2n) is 8.83. The number of rotatable bonds is 6. The summed E-state index contributed by atoms with van der Waals surface area (Å²) in [6.07, 6.45) is 5.79. The molecule has 0 saturated carbocycles. The molecule has 5 rings (SSSR count). The Hall–Kier alpha value is -3.38. The topological polar surface area (TPSA) is 55.8 Å². The summed E-state index contributed by atoms with van der Waals surface area (Å²) in [5.74, 6) is -0.253. The Labute approximate surface area is 193 Å². The summed E-state index contributed by atoms with van der Waals surface area (Å²) in [7, 11) is 0. The molecular formula is C27H28FN3O2. The Kier molecular flexibility index (Phi) is 5.77. The first kappa shape index (κ1) is 21.5. The van der Waals surface area contributed by atoms with Crippen LogP contribution in [-0.4, -0.2) is 29.1 Å². The highest BCUT2D eigenvalue weighted by atomic mass is 19.1. The Bertz CT molecular complexity index is 1140. The van der Waals surface area contributed by atoms with Gasteiger partial charge >= 0.3 is 0 Å². The number of allylic oxidation sites excluding steroid dienone is 3. The van der Waals surface area contributed by atoms with Crippen LogP contribution in [0.1, 0.15) is 25.3 Å². The fraction of sp³-hybridized carbons (Fsp3) is 0.296. The van der Waals surface area contributed by atoms with Crippen LogP contribution < -0.4 is 10.4 Å². The summed E-state index contributed by atoms with van der Waals surface area (Å²) in [6, 6.07) is 16.3. The van der Waals surface area contributed by atoms with Gasteiger partial charge in [0.2, 0.25) is 5.91 Å². The van der Waals surface area contributed by atoms with Gasteiger partial charge in [0.05, 0.1) is 23.9 Å². The van der Waals surface area contributed by atoms with Crippen LogP contribution in [0.3, 0.4) is 0 Å². The van der Waals surface area contributed by atoms with Crippen LogP contribution in [-0.2, 0) is 11.3 Å². The van der Waals surface area contributed by atoms with Gasteiger partial charge in [0, 0.05) is 30.8 Å². The second kappa shape index (κ2) is 8.87. The first-order valence-electron chi connectivity index (χ1n) is 11.5. The van der Waals surface area contributed by atoms with Crippen molar-refractivity contribution in [1.82, 2.24) is 10.3 Å².